The van der Waals surface area contributed by atoms with Gasteiger partial charge in [0.2, 0.25) is 0 Å². The molecule has 8 nitrogen and oxygen atoms in total. The second-order valence-electron chi connectivity index (χ2n) is 8.19. The highest BCUT2D eigenvalue weighted by molar-refractivity contribution is 5.92. The Bertz CT molecular complexity index is 1180. The van der Waals surface area contributed by atoms with Gasteiger partial charge in [-0.15, -0.1) is 0 Å². The van der Waals surface area contributed by atoms with E-state index in [2.05, 4.69) is 15.2 Å². The Morgan fingerprint density at radius 1 is 1.09 bits per heavy atom. The van der Waals surface area contributed by atoms with E-state index in [1.165, 1.54) is 5.56 Å². The molecule has 0 aliphatic carbocycles. The first-order valence-corrected chi connectivity index (χ1v) is 11.0. The summed E-state index contributed by atoms with van der Waals surface area (Å²) in [5, 5.41) is 3.37. The monoisotopic (exact) mass is 434 g/mol. The SMILES string of the molecule is O=C(COc1ccc2nc3n(c(=O)c2c1)CCC3)Nc1ccc(CN2CCOCC2)cc1. The average Bonchev–Trinajstić information content (AvgIpc) is 3.29. The van der Waals surface area contributed by atoms with Crippen molar-refractivity contribution in [3.63, 3.8) is 0 Å². The number of carbonyl (C=O) groups is 1. The second-order valence-corrected chi connectivity index (χ2v) is 8.19. The first-order chi connectivity index (χ1) is 15.7. The van der Waals surface area contributed by atoms with Crippen molar-refractivity contribution in [3.05, 3.63) is 64.2 Å². The van der Waals surface area contributed by atoms with Gasteiger partial charge in [0.15, 0.2) is 6.61 Å². The first-order valence-electron chi connectivity index (χ1n) is 11.0. The summed E-state index contributed by atoms with van der Waals surface area (Å²) in [6.45, 7) is 4.88. The zero-order valence-electron chi connectivity index (χ0n) is 17.9. The van der Waals surface area contributed by atoms with Crippen LogP contribution in [-0.2, 0) is 29.0 Å². The van der Waals surface area contributed by atoms with Crippen LogP contribution in [0.1, 0.15) is 17.8 Å². The van der Waals surface area contributed by atoms with Gasteiger partial charge < -0.3 is 14.8 Å². The smallest absolute Gasteiger partial charge is 0.262 e. The normalized spacial score (nSPS) is 16.1. The van der Waals surface area contributed by atoms with Crippen molar-refractivity contribution in [1.29, 1.82) is 0 Å². The number of anilines is 1. The summed E-state index contributed by atoms with van der Waals surface area (Å²) in [4.78, 5) is 31.9. The molecule has 166 valence electrons. The van der Waals surface area contributed by atoms with E-state index >= 15 is 0 Å². The maximum Gasteiger partial charge on any atom is 0.262 e. The summed E-state index contributed by atoms with van der Waals surface area (Å²) < 4.78 is 12.7. The van der Waals surface area contributed by atoms with Gasteiger partial charge in [-0.3, -0.25) is 19.1 Å². The van der Waals surface area contributed by atoms with Crippen LogP contribution in [0.4, 0.5) is 5.69 Å². The molecule has 0 spiro atoms. The van der Waals surface area contributed by atoms with Gasteiger partial charge in [0, 0.05) is 38.3 Å². The van der Waals surface area contributed by atoms with Crippen molar-refractivity contribution in [1.82, 2.24) is 14.5 Å². The molecule has 0 atom stereocenters. The van der Waals surface area contributed by atoms with Crippen LogP contribution in [0.2, 0.25) is 0 Å². The topological polar surface area (TPSA) is 85.7 Å². The molecule has 3 heterocycles. The summed E-state index contributed by atoms with van der Waals surface area (Å²) >= 11 is 0. The van der Waals surface area contributed by atoms with Crippen LogP contribution in [0.15, 0.2) is 47.3 Å². The molecular weight excluding hydrogens is 408 g/mol. The van der Waals surface area contributed by atoms with E-state index in [-0.39, 0.29) is 18.1 Å². The van der Waals surface area contributed by atoms with Gasteiger partial charge in [0.25, 0.3) is 11.5 Å². The van der Waals surface area contributed by atoms with Crippen molar-refractivity contribution < 1.29 is 14.3 Å². The number of fused-ring (bicyclic) bond motifs is 2. The van der Waals surface area contributed by atoms with E-state index in [4.69, 9.17) is 9.47 Å². The number of nitrogens with zero attached hydrogens (tertiary/aromatic N) is 3. The molecular formula is C24H26N4O4. The third kappa shape index (κ3) is 4.51. The number of rotatable bonds is 6. The maximum absolute atomic E-state index is 12.7. The fraction of sp³-hybridized carbons (Fsp3) is 0.375. The third-order valence-corrected chi connectivity index (χ3v) is 5.90. The number of carbonyl (C=O) groups excluding carboxylic acids is 1. The average molecular weight is 434 g/mol. The Morgan fingerprint density at radius 3 is 2.72 bits per heavy atom. The lowest BCUT2D eigenvalue weighted by Gasteiger charge is -2.26. The molecule has 0 bridgehead atoms. The van der Waals surface area contributed by atoms with Crippen LogP contribution in [-0.4, -0.2) is 53.3 Å². The zero-order chi connectivity index (χ0) is 21.9. The summed E-state index contributed by atoms with van der Waals surface area (Å²) in [7, 11) is 0. The van der Waals surface area contributed by atoms with Gasteiger partial charge >= 0.3 is 0 Å². The Labute approximate surface area is 185 Å². The molecule has 1 N–H and O–H groups in total. The summed E-state index contributed by atoms with van der Waals surface area (Å²) in [6, 6.07) is 13.0. The van der Waals surface area contributed by atoms with Crippen molar-refractivity contribution >= 4 is 22.5 Å². The lowest BCUT2D eigenvalue weighted by Crippen LogP contribution is -2.35. The largest absolute Gasteiger partial charge is 0.484 e. The molecule has 0 unspecified atom stereocenters. The van der Waals surface area contributed by atoms with Crippen LogP contribution in [0.25, 0.3) is 10.9 Å². The van der Waals surface area contributed by atoms with Crippen molar-refractivity contribution in [3.8, 4) is 5.75 Å². The molecule has 32 heavy (non-hydrogen) atoms. The van der Waals surface area contributed by atoms with Crippen LogP contribution in [0.3, 0.4) is 0 Å². The van der Waals surface area contributed by atoms with Gasteiger partial charge in [-0.2, -0.15) is 0 Å². The van der Waals surface area contributed by atoms with Crippen molar-refractivity contribution in [2.24, 2.45) is 0 Å². The molecule has 0 radical (unpaired) electrons. The van der Waals surface area contributed by atoms with Crippen LogP contribution in [0.5, 0.6) is 5.75 Å². The van der Waals surface area contributed by atoms with Gasteiger partial charge in [0.1, 0.15) is 11.6 Å². The molecule has 1 saturated heterocycles. The molecule has 3 aromatic rings. The summed E-state index contributed by atoms with van der Waals surface area (Å²) in [5.74, 6) is 1.06. The standard InChI is InChI=1S/C24H26N4O4/c29-23(25-18-5-3-17(4-6-18)15-27-10-12-31-13-11-27)16-32-19-7-8-21-20(14-19)24(30)28-9-1-2-22(28)26-21/h3-8,14H,1-2,9-13,15-16H2,(H,25,29). The molecule has 2 aliphatic heterocycles. The summed E-state index contributed by atoms with van der Waals surface area (Å²) in [6.07, 6.45) is 1.77. The van der Waals surface area contributed by atoms with Gasteiger partial charge in [-0.25, -0.2) is 4.98 Å². The maximum atomic E-state index is 12.7. The fourth-order valence-electron chi connectivity index (χ4n) is 4.21. The molecule has 2 aliphatic rings. The number of morpholine rings is 1. The van der Waals surface area contributed by atoms with Crippen LogP contribution >= 0.6 is 0 Å². The first kappa shape index (κ1) is 20.7. The molecule has 5 rings (SSSR count). The van der Waals surface area contributed by atoms with Gasteiger partial charge in [-0.05, 0) is 42.3 Å². The molecule has 8 heteroatoms. The minimum atomic E-state index is -0.255. The molecule has 2 aromatic carbocycles. The quantitative estimate of drug-likeness (QED) is 0.640. The number of nitrogens with one attached hydrogen (secondary N) is 1. The highest BCUT2D eigenvalue weighted by atomic mass is 16.5. The zero-order valence-corrected chi connectivity index (χ0v) is 17.9. The predicted octanol–water partition coefficient (Wildman–Crippen LogP) is 2.19. The number of ether oxygens (including phenoxy) is 2. The highest BCUT2D eigenvalue weighted by Crippen LogP contribution is 2.20. The van der Waals surface area contributed by atoms with E-state index in [0.29, 0.717) is 23.2 Å². The molecule has 1 fully saturated rings. The van der Waals surface area contributed by atoms with Crippen LogP contribution in [0, 0.1) is 0 Å². The van der Waals surface area contributed by atoms with E-state index in [1.807, 2.05) is 24.3 Å². The van der Waals surface area contributed by atoms with E-state index in [1.54, 1.807) is 22.8 Å². The van der Waals surface area contributed by atoms with Gasteiger partial charge in [0.05, 0.1) is 24.1 Å². The molecule has 0 saturated carbocycles. The summed E-state index contributed by atoms with van der Waals surface area (Å²) in [5.41, 5.74) is 2.54. The lowest BCUT2D eigenvalue weighted by atomic mass is 10.2. The molecule has 1 amide bonds. The van der Waals surface area contributed by atoms with Crippen LogP contribution < -0.4 is 15.6 Å². The third-order valence-electron chi connectivity index (χ3n) is 5.90. The van der Waals surface area contributed by atoms with Gasteiger partial charge in [-0.1, -0.05) is 12.1 Å². The fourth-order valence-corrected chi connectivity index (χ4v) is 4.21. The number of benzene rings is 2. The number of aromatic nitrogens is 2. The van der Waals surface area contributed by atoms with Crippen molar-refractivity contribution in [2.75, 3.05) is 38.2 Å². The second kappa shape index (κ2) is 9.10. The number of aryl methyl sites for hydroxylation is 1. The number of hydrogen-bond donors (Lipinski definition) is 1. The Kier molecular flexibility index (Phi) is 5.87. The predicted molar refractivity (Wildman–Crippen MR) is 121 cm³/mol. The van der Waals surface area contributed by atoms with E-state index in [9.17, 15) is 9.59 Å². The Morgan fingerprint density at radius 2 is 1.91 bits per heavy atom. The number of amides is 1. The van der Waals surface area contributed by atoms with E-state index < -0.39 is 0 Å². The number of hydrogen-bond acceptors (Lipinski definition) is 6. The minimum Gasteiger partial charge on any atom is -0.484 e. The Balaban J connectivity index is 1.18. The lowest BCUT2D eigenvalue weighted by molar-refractivity contribution is -0.118. The minimum absolute atomic E-state index is 0.0467. The Hall–Kier alpha value is -3.23. The molecule has 1 aromatic heterocycles. The highest BCUT2D eigenvalue weighted by Gasteiger charge is 2.16. The van der Waals surface area contributed by atoms with Crippen molar-refractivity contribution in [2.45, 2.75) is 25.9 Å². The van der Waals surface area contributed by atoms with E-state index in [0.717, 1.165) is 57.2 Å².